The third-order valence-corrected chi connectivity index (χ3v) is 11.6. The van der Waals surface area contributed by atoms with E-state index in [2.05, 4.69) is 27.0 Å². The van der Waals surface area contributed by atoms with E-state index >= 15 is 0 Å². The summed E-state index contributed by atoms with van der Waals surface area (Å²) >= 11 is 0. The minimum absolute atomic E-state index is 0.0154. The van der Waals surface area contributed by atoms with Crippen LogP contribution in [0, 0.1) is 11.8 Å². The molecule has 47 heavy (non-hydrogen) atoms. The predicted molar refractivity (Wildman–Crippen MR) is 182 cm³/mol. The highest BCUT2D eigenvalue weighted by molar-refractivity contribution is 5.79. The van der Waals surface area contributed by atoms with Crippen molar-refractivity contribution in [2.45, 2.75) is 185 Å². The van der Waals surface area contributed by atoms with Crippen molar-refractivity contribution >= 4 is 5.78 Å². The van der Waals surface area contributed by atoms with Gasteiger partial charge in [-0.25, -0.2) is 0 Å². The smallest absolute Gasteiger partial charge is 0.172 e. The summed E-state index contributed by atoms with van der Waals surface area (Å²) in [5.74, 6) is 0.966. The normalized spacial score (nSPS) is 40.1. The fourth-order valence-corrected chi connectivity index (χ4v) is 8.84. The van der Waals surface area contributed by atoms with Crippen LogP contribution in [0.15, 0.2) is 24.3 Å². The highest BCUT2D eigenvalue weighted by atomic mass is 16.8. The number of unbranched alkanes of at least 4 members (excludes halogenated alkanes) is 1. The molecule has 1 aliphatic carbocycles. The fourth-order valence-electron chi connectivity index (χ4n) is 8.84. The third-order valence-electron chi connectivity index (χ3n) is 11.6. The minimum Gasteiger partial charge on any atom is -0.380 e. The first-order valence-corrected chi connectivity index (χ1v) is 19.0. The van der Waals surface area contributed by atoms with Crippen molar-refractivity contribution in [3.63, 3.8) is 0 Å². The van der Waals surface area contributed by atoms with E-state index in [-0.39, 0.29) is 60.7 Å². The number of ketones is 1. The Morgan fingerprint density at radius 2 is 1.62 bits per heavy atom. The van der Waals surface area contributed by atoms with Crippen LogP contribution in [0.1, 0.15) is 124 Å². The van der Waals surface area contributed by atoms with E-state index in [1.165, 1.54) is 37.7 Å². The molecule has 7 saturated heterocycles. The maximum Gasteiger partial charge on any atom is 0.172 e. The van der Waals surface area contributed by atoms with Crippen LogP contribution in [0.3, 0.4) is 0 Å². The van der Waals surface area contributed by atoms with Crippen LogP contribution in [-0.4, -0.2) is 86.8 Å². The number of fused-ring (bicyclic) bond motifs is 1. The summed E-state index contributed by atoms with van der Waals surface area (Å²) in [7, 11) is 1.70. The van der Waals surface area contributed by atoms with Gasteiger partial charge in [-0.2, -0.15) is 0 Å². The van der Waals surface area contributed by atoms with Gasteiger partial charge in [-0.05, 0) is 83.0 Å². The zero-order valence-corrected chi connectivity index (χ0v) is 30.1. The van der Waals surface area contributed by atoms with Gasteiger partial charge < -0.3 is 33.2 Å². The van der Waals surface area contributed by atoms with Crippen molar-refractivity contribution < 1.29 is 38.0 Å². The van der Waals surface area contributed by atoms with E-state index in [1.54, 1.807) is 7.11 Å². The van der Waals surface area contributed by atoms with Crippen molar-refractivity contribution in [2.24, 2.45) is 11.8 Å². The van der Waals surface area contributed by atoms with E-state index in [1.807, 2.05) is 13.8 Å². The lowest BCUT2D eigenvalue weighted by atomic mass is 9.85. The Balaban J connectivity index is 0.000000339. The molecule has 8 fully saturated rings. The molecule has 0 spiro atoms. The number of carbonyl (C=O) groups excluding carboxylic acids is 1. The average molecular weight is 661 g/mol. The van der Waals surface area contributed by atoms with Gasteiger partial charge in [-0.15, -0.1) is 0 Å². The van der Waals surface area contributed by atoms with Gasteiger partial charge in [0.15, 0.2) is 5.79 Å². The number of methoxy groups -OCH3 is 1. The molecule has 1 saturated carbocycles. The average Bonchev–Trinajstić information content (AvgIpc) is 3.68. The highest BCUT2D eigenvalue weighted by Gasteiger charge is 2.68. The maximum atomic E-state index is 12.9. The fraction of sp³-hybridized carbons (Fsp3) is 0.872. The molecular formula is C39H64O8. The van der Waals surface area contributed by atoms with Crippen LogP contribution in [0.4, 0.5) is 0 Å². The first kappa shape index (κ1) is 37.1. The van der Waals surface area contributed by atoms with E-state index in [0.717, 1.165) is 69.5 Å². The van der Waals surface area contributed by atoms with Crippen molar-refractivity contribution in [1.29, 1.82) is 0 Å². The van der Waals surface area contributed by atoms with Crippen LogP contribution < -0.4 is 0 Å². The number of ether oxygens (including phenoxy) is 7. The molecule has 7 aliphatic heterocycles. The van der Waals surface area contributed by atoms with Gasteiger partial charge in [-0.3, -0.25) is 4.79 Å². The number of hydrogen-bond donors (Lipinski definition) is 0. The molecule has 8 aliphatic rings. The lowest BCUT2D eigenvalue weighted by Crippen LogP contribution is -2.61. The molecule has 6 bridgehead atoms. The van der Waals surface area contributed by atoms with E-state index in [9.17, 15) is 4.79 Å². The molecule has 8 rings (SSSR count). The maximum absolute atomic E-state index is 12.9. The summed E-state index contributed by atoms with van der Waals surface area (Å²) < 4.78 is 43.8. The Morgan fingerprint density at radius 1 is 0.894 bits per heavy atom. The largest absolute Gasteiger partial charge is 0.380 e. The van der Waals surface area contributed by atoms with Crippen LogP contribution >= 0.6 is 0 Å². The number of rotatable bonds is 12. The lowest BCUT2D eigenvalue weighted by Gasteiger charge is -2.47. The van der Waals surface area contributed by atoms with Crippen molar-refractivity contribution in [3.05, 3.63) is 24.3 Å². The van der Waals surface area contributed by atoms with Crippen molar-refractivity contribution in [2.75, 3.05) is 20.3 Å². The molecule has 7 unspecified atom stereocenters. The topological polar surface area (TPSA) is 81.7 Å². The van der Waals surface area contributed by atoms with Crippen LogP contribution in [-0.2, 0) is 38.0 Å². The predicted octanol–water partition coefficient (Wildman–Crippen LogP) is 7.66. The minimum atomic E-state index is -0.644. The lowest BCUT2D eigenvalue weighted by molar-refractivity contribution is -0.292. The quantitative estimate of drug-likeness (QED) is 0.156. The molecule has 0 radical (unpaired) electrons. The molecule has 0 aromatic heterocycles. The van der Waals surface area contributed by atoms with Gasteiger partial charge in [-0.1, -0.05) is 51.5 Å². The van der Waals surface area contributed by atoms with Crippen LogP contribution in [0.25, 0.3) is 0 Å². The second kappa shape index (κ2) is 17.2. The monoisotopic (exact) mass is 660 g/mol. The van der Waals surface area contributed by atoms with Crippen molar-refractivity contribution in [3.8, 4) is 0 Å². The van der Waals surface area contributed by atoms with E-state index < -0.39 is 5.79 Å². The standard InChI is InChI=1S/C28H42O8.C9H16.C2H6/c1-16(15-30-3)6-4-5-10-28-14-22-24(35-28)25-26(34-22)27(36-28)23-21(33-25)8-7-20(32-23)13-19(29)12-18-9-11-31-17(18)2;1-3-9-6-4-8(2)5-7-9;1-2/h17-18,20-27H,1,4-15H2,2-3H3;9H,2-7H2,1H3;1-2H3/t17-,18?,20?,21?,22?,23-,24?,25-,26?,27?,28-;;/m0../s1. The number of Topliss-reactive ketones (excluding diaryl/α,β-unsaturated/α-hetero) is 1. The molecule has 11 atom stereocenters. The summed E-state index contributed by atoms with van der Waals surface area (Å²) in [6, 6.07) is 0. The second-order valence-electron chi connectivity index (χ2n) is 14.9. The van der Waals surface area contributed by atoms with Gasteiger partial charge in [0.2, 0.25) is 0 Å². The van der Waals surface area contributed by atoms with Gasteiger partial charge >= 0.3 is 0 Å². The molecule has 0 amide bonds. The second-order valence-corrected chi connectivity index (χ2v) is 14.9. The number of carbonyl (C=O) groups is 1. The summed E-state index contributed by atoms with van der Waals surface area (Å²) in [5, 5.41) is 0. The highest BCUT2D eigenvalue weighted by Crippen LogP contribution is 2.54. The summed E-state index contributed by atoms with van der Waals surface area (Å²) in [4.78, 5) is 12.9. The van der Waals surface area contributed by atoms with Crippen molar-refractivity contribution in [1.82, 2.24) is 0 Å². The van der Waals surface area contributed by atoms with Gasteiger partial charge in [0.25, 0.3) is 0 Å². The SMILES string of the molecule is C=C(CCCC[C@@]12CC3OC4C(O1)[C@H]1OC(CC(=O)CC5CCO[C@H]5C)CCC1O[C@H]4C3O2)COC.C=C1CCC(CC)CC1.CC. The number of hydrogen-bond acceptors (Lipinski definition) is 8. The zero-order valence-electron chi connectivity index (χ0n) is 30.1. The molecular weight excluding hydrogens is 596 g/mol. The Kier molecular flexibility index (Phi) is 13.6. The molecule has 268 valence electrons. The van der Waals surface area contributed by atoms with Gasteiger partial charge in [0.05, 0.1) is 31.0 Å². The number of allylic oxidation sites excluding steroid dienone is 1. The summed E-state index contributed by atoms with van der Waals surface area (Å²) in [6.45, 7) is 17.8. The molecule has 7 heterocycles. The summed E-state index contributed by atoms with van der Waals surface area (Å²) in [5.41, 5.74) is 2.59. The molecule has 8 heteroatoms. The Bertz CT molecular complexity index is 1040. The van der Waals surface area contributed by atoms with E-state index in [4.69, 9.17) is 33.2 Å². The Hall–Kier alpha value is -1.13. The first-order chi connectivity index (χ1) is 22.8. The third kappa shape index (κ3) is 8.97. The van der Waals surface area contributed by atoms with Crippen LogP contribution in [0.5, 0.6) is 0 Å². The van der Waals surface area contributed by atoms with Crippen LogP contribution in [0.2, 0.25) is 0 Å². The van der Waals surface area contributed by atoms with E-state index in [0.29, 0.717) is 25.4 Å². The molecule has 0 N–H and O–H groups in total. The van der Waals surface area contributed by atoms with Gasteiger partial charge in [0, 0.05) is 39.4 Å². The molecule has 0 aromatic rings. The first-order valence-electron chi connectivity index (χ1n) is 19.0. The Labute approximate surface area is 284 Å². The molecule has 8 nitrogen and oxygen atoms in total. The zero-order chi connectivity index (χ0) is 33.6. The van der Waals surface area contributed by atoms with Gasteiger partial charge in [0.1, 0.15) is 36.3 Å². The Morgan fingerprint density at radius 3 is 2.32 bits per heavy atom. The molecule has 0 aromatic carbocycles. The summed E-state index contributed by atoms with van der Waals surface area (Å²) in [6.07, 6.45) is 14.2.